The van der Waals surface area contributed by atoms with Crippen LogP contribution in [0, 0.1) is 18.7 Å². The van der Waals surface area contributed by atoms with Gasteiger partial charge in [-0.3, -0.25) is 14.5 Å². The molecule has 0 radical (unpaired) electrons. The molecular weight excluding hydrogens is 405 g/mol. The standard InChI is InChI=1S/C20H24FN7OS/c1-13-8-24-27(3)18(13)17-16(21)10-23-20(25-17)28-6-4-14(5-7-28)19(29)26(2)11-15-9-22-12-30-15/h8-10,12,14H,4-7,11H2,1-3H3. The second-order valence-corrected chi connectivity index (χ2v) is 8.56. The number of aryl methyl sites for hydroxylation is 2. The third-order valence-electron chi connectivity index (χ3n) is 5.46. The number of hydrogen-bond acceptors (Lipinski definition) is 7. The molecule has 0 unspecified atom stereocenters. The van der Waals surface area contributed by atoms with Gasteiger partial charge in [-0.2, -0.15) is 5.10 Å². The number of carbonyl (C=O) groups excluding carboxylic acids is 1. The van der Waals surface area contributed by atoms with E-state index in [0.29, 0.717) is 44.1 Å². The molecule has 1 aliphatic heterocycles. The number of nitrogens with zero attached hydrogens (tertiary/aromatic N) is 7. The highest BCUT2D eigenvalue weighted by Gasteiger charge is 2.29. The lowest BCUT2D eigenvalue weighted by molar-refractivity contribution is -0.135. The van der Waals surface area contributed by atoms with Crippen LogP contribution < -0.4 is 4.90 Å². The number of piperidine rings is 1. The van der Waals surface area contributed by atoms with Crippen molar-refractivity contribution in [3.8, 4) is 11.4 Å². The Hall–Kier alpha value is -2.88. The second kappa shape index (κ2) is 8.47. The Morgan fingerprint density at radius 2 is 2.07 bits per heavy atom. The monoisotopic (exact) mass is 429 g/mol. The summed E-state index contributed by atoms with van der Waals surface area (Å²) in [6.07, 6.45) is 6.13. The minimum Gasteiger partial charge on any atom is -0.341 e. The Labute approximate surface area is 178 Å². The third-order valence-corrected chi connectivity index (χ3v) is 6.22. The fourth-order valence-electron chi connectivity index (χ4n) is 3.83. The molecule has 158 valence electrons. The Balaban J connectivity index is 1.43. The number of aromatic nitrogens is 5. The van der Waals surface area contributed by atoms with E-state index in [1.807, 2.05) is 18.9 Å². The van der Waals surface area contributed by atoms with Crippen LogP contribution in [0.25, 0.3) is 11.4 Å². The Morgan fingerprint density at radius 1 is 1.30 bits per heavy atom. The number of anilines is 1. The minimum absolute atomic E-state index is 0.0293. The summed E-state index contributed by atoms with van der Waals surface area (Å²) in [5.41, 5.74) is 3.52. The van der Waals surface area contributed by atoms with E-state index in [4.69, 9.17) is 0 Å². The number of carbonyl (C=O) groups is 1. The van der Waals surface area contributed by atoms with Gasteiger partial charge in [-0.15, -0.1) is 11.3 Å². The molecule has 3 aromatic heterocycles. The van der Waals surface area contributed by atoms with E-state index < -0.39 is 5.82 Å². The van der Waals surface area contributed by atoms with Gasteiger partial charge in [-0.25, -0.2) is 14.4 Å². The summed E-state index contributed by atoms with van der Waals surface area (Å²) in [5.74, 6) is 0.129. The van der Waals surface area contributed by atoms with Gasteiger partial charge in [0.05, 0.1) is 30.1 Å². The summed E-state index contributed by atoms with van der Waals surface area (Å²) in [4.78, 5) is 30.4. The fraction of sp³-hybridized carbons (Fsp3) is 0.450. The average Bonchev–Trinajstić information content (AvgIpc) is 3.37. The zero-order chi connectivity index (χ0) is 21.3. The summed E-state index contributed by atoms with van der Waals surface area (Å²) in [5, 5.41) is 4.18. The van der Waals surface area contributed by atoms with E-state index in [9.17, 15) is 9.18 Å². The molecule has 0 aliphatic carbocycles. The lowest BCUT2D eigenvalue weighted by Crippen LogP contribution is -2.41. The second-order valence-electron chi connectivity index (χ2n) is 7.59. The largest absolute Gasteiger partial charge is 0.341 e. The van der Waals surface area contributed by atoms with Crippen LogP contribution in [0.5, 0.6) is 0 Å². The van der Waals surface area contributed by atoms with Gasteiger partial charge in [0.1, 0.15) is 5.69 Å². The number of halogens is 1. The molecule has 1 fully saturated rings. The number of thiazole rings is 1. The molecule has 0 saturated carbocycles. The molecule has 0 atom stereocenters. The van der Waals surface area contributed by atoms with Crippen molar-refractivity contribution in [2.75, 3.05) is 25.0 Å². The highest BCUT2D eigenvalue weighted by molar-refractivity contribution is 7.09. The molecule has 4 heterocycles. The molecule has 0 N–H and O–H groups in total. The van der Waals surface area contributed by atoms with Crippen LogP contribution >= 0.6 is 11.3 Å². The summed E-state index contributed by atoms with van der Waals surface area (Å²) in [6.45, 7) is 3.77. The quantitative estimate of drug-likeness (QED) is 0.620. The Kier molecular flexibility index (Phi) is 5.76. The molecule has 4 rings (SSSR count). The van der Waals surface area contributed by atoms with Crippen molar-refractivity contribution in [1.29, 1.82) is 0 Å². The molecule has 1 aliphatic rings. The summed E-state index contributed by atoms with van der Waals surface area (Å²) < 4.78 is 16.1. The van der Waals surface area contributed by atoms with Gasteiger partial charge in [0, 0.05) is 44.2 Å². The van der Waals surface area contributed by atoms with E-state index in [1.165, 1.54) is 6.20 Å². The van der Waals surface area contributed by atoms with Crippen molar-refractivity contribution in [3.05, 3.63) is 40.4 Å². The Bertz CT molecular complexity index is 1010. The minimum atomic E-state index is -0.472. The first-order valence-electron chi connectivity index (χ1n) is 9.83. The van der Waals surface area contributed by atoms with Gasteiger partial charge in [0.15, 0.2) is 5.82 Å². The first kappa shape index (κ1) is 20.4. The van der Waals surface area contributed by atoms with Gasteiger partial charge in [0.2, 0.25) is 11.9 Å². The number of amides is 1. The van der Waals surface area contributed by atoms with E-state index in [0.717, 1.165) is 10.4 Å². The van der Waals surface area contributed by atoms with E-state index in [-0.39, 0.29) is 17.5 Å². The molecule has 1 amide bonds. The molecule has 8 nitrogen and oxygen atoms in total. The maximum Gasteiger partial charge on any atom is 0.226 e. The fourth-order valence-corrected chi connectivity index (χ4v) is 4.48. The van der Waals surface area contributed by atoms with Crippen LogP contribution in [0.3, 0.4) is 0 Å². The van der Waals surface area contributed by atoms with Gasteiger partial charge in [0.25, 0.3) is 0 Å². The van der Waals surface area contributed by atoms with E-state index in [1.54, 1.807) is 45.9 Å². The first-order valence-corrected chi connectivity index (χ1v) is 10.7. The highest BCUT2D eigenvalue weighted by Crippen LogP contribution is 2.27. The zero-order valence-corrected chi connectivity index (χ0v) is 18.1. The van der Waals surface area contributed by atoms with Crippen molar-refractivity contribution in [2.24, 2.45) is 13.0 Å². The number of hydrogen-bond donors (Lipinski definition) is 0. The van der Waals surface area contributed by atoms with Gasteiger partial charge in [-0.05, 0) is 25.3 Å². The van der Waals surface area contributed by atoms with Crippen LogP contribution in [0.4, 0.5) is 10.3 Å². The number of rotatable bonds is 5. The normalized spacial score (nSPS) is 14.9. The van der Waals surface area contributed by atoms with E-state index in [2.05, 4.69) is 20.1 Å². The van der Waals surface area contributed by atoms with Gasteiger partial charge < -0.3 is 9.80 Å². The van der Waals surface area contributed by atoms with Crippen molar-refractivity contribution in [1.82, 2.24) is 29.6 Å². The highest BCUT2D eigenvalue weighted by atomic mass is 32.1. The van der Waals surface area contributed by atoms with Crippen molar-refractivity contribution >= 4 is 23.2 Å². The predicted molar refractivity (Wildman–Crippen MR) is 112 cm³/mol. The topological polar surface area (TPSA) is 80.0 Å². The average molecular weight is 430 g/mol. The summed E-state index contributed by atoms with van der Waals surface area (Å²) in [7, 11) is 3.60. The predicted octanol–water partition coefficient (Wildman–Crippen LogP) is 2.66. The molecular formula is C20H24FN7OS. The lowest BCUT2D eigenvalue weighted by Gasteiger charge is -2.33. The maximum atomic E-state index is 14.4. The van der Waals surface area contributed by atoms with Crippen molar-refractivity contribution in [3.63, 3.8) is 0 Å². The van der Waals surface area contributed by atoms with Gasteiger partial charge in [-0.1, -0.05) is 0 Å². The van der Waals surface area contributed by atoms with Crippen LogP contribution in [-0.2, 0) is 18.4 Å². The summed E-state index contributed by atoms with van der Waals surface area (Å²) >= 11 is 1.55. The van der Waals surface area contributed by atoms with Crippen molar-refractivity contribution in [2.45, 2.75) is 26.3 Å². The maximum absolute atomic E-state index is 14.4. The molecule has 0 aromatic carbocycles. The zero-order valence-electron chi connectivity index (χ0n) is 17.2. The molecule has 3 aromatic rings. The first-order chi connectivity index (χ1) is 14.4. The SMILES string of the molecule is Cc1cnn(C)c1-c1nc(N2CCC(C(=O)N(C)Cc3cncs3)CC2)ncc1F. The van der Waals surface area contributed by atoms with Crippen LogP contribution in [-0.4, -0.2) is 55.7 Å². The Morgan fingerprint density at radius 3 is 2.70 bits per heavy atom. The molecule has 0 spiro atoms. The van der Waals surface area contributed by atoms with Crippen LogP contribution in [0.2, 0.25) is 0 Å². The van der Waals surface area contributed by atoms with E-state index >= 15 is 0 Å². The lowest BCUT2D eigenvalue weighted by atomic mass is 9.95. The smallest absolute Gasteiger partial charge is 0.226 e. The van der Waals surface area contributed by atoms with Gasteiger partial charge >= 0.3 is 0 Å². The molecule has 30 heavy (non-hydrogen) atoms. The molecule has 1 saturated heterocycles. The van der Waals surface area contributed by atoms with Crippen molar-refractivity contribution < 1.29 is 9.18 Å². The molecule has 10 heteroatoms. The summed E-state index contributed by atoms with van der Waals surface area (Å²) in [6, 6.07) is 0. The third kappa shape index (κ3) is 4.04. The van der Waals surface area contributed by atoms with Crippen LogP contribution in [0.15, 0.2) is 24.1 Å². The molecule has 0 bridgehead atoms. The van der Waals surface area contributed by atoms with Crippen LogP contribution in [0.1, 0.15) is 23.3 Å².